The first-order chi connectivity index (χ1) is 11.7. The Kier molecular flexibility index (Phi) is 3.54. The molecule has 2 atom stereocenters. The molecular weight excluding hydrogens is 304 g/mol. The number of ether oxygens (including phenoxy) is 1. The molecule has 4 rings (SSSR count). The van der Waals surface area contributed by atoms with Gasteiger partial charge in [0.2, 0.25) is 0 Å². The Labute approximate surface area is 139 Å². The zero-order valence-corrected chi connectivity index (χ0v) is 13.1. The van der Waals surface area contributed by atoms with Crippen LogP contribution in [0.2, 0.25) is 0 Å². The Morgan fingerprint density at radius 3 is 2.83 bits per heavy atom. The van der Waals surface area contributed by atoms with Crippen molar-refractivity contribution in [2.75, 3.05) is 5.32 Å². The van der Waals surface area contributed by atoms with Gasteiger partial charge in [-0.25, -0.2) is 4.98 Å². The highest BCUT2D eigenvalue weighted by Gasteiger charge is 2.36. The number of carbonyl (C=O) groups excluding carboxylic acids is 1. The van der Waals surface area contributed by atoms with E-state index < -0.39 is 6.10 Å². The maximum Gasteiger partial charge on any atom is 0.266 e. The van der Waals surface area contributed by atoms with E-state index in [-0.39, 0.29) is 11.8 Å². The smallest absolute Gasteiger partial charge is 0.266 e. The van der Waals surface area contributed by atoms with Crippen LogP contribution in [0, 0.1) is 0 Å². The molecule has 0 saturated carbocycles. The monoisotopic (exact) mass is 320 g/mol. The number of rotatable bonds is 3. The number of nitrogens with zero attached hydrogens (tertiary/aromatic N) is 1. The van der Waals surface area contributed by atoms with Crippen LogP contribution < -0.4 is 10.1 Å². The summed E-state index contributed by atoms with van der Waals surface area (Å²) in [4.78, 5) is 16.5. The van der Waals surface area contributed by atoms with Crippen LogP contribution in [0.25, 0.3) is 11.3 Å². The summed E-state index contributed by atoms with van der Waals surface area (Å²) in [6.45, 7) is 2.00. The number of nitrogens with one attached hydrogen (secondary N) is 1. The lowest BCUT2D eigenvalue weighted by Crippen LogP contribution is -2.33. The number of hydrogen-bond donors (Lipinski definition) is 1. The SMILES string of the molecule is C[C@H]1c2ccccc2O[C@@H]1C(=O)Nc1cccc(-c2cnco2)c1. The normalized spacial score (nSPS) is 18.7. The number of anilines is 1. The summed E-state index contributed by atoms with van der Waals surface area (Å²) < 4.78 is 11.1. The molecule has 0 aliphatic carbocycles. The third-order valence-corrected chi connectivity index (χ3v) is 4.22. The number of amides is 1. The number of fused-ring (bicyclic) bond motifs is 1. The molecule has 2 aromatic carbocycles. The average molecular weight is 320 g/mol. The summed E-state index contributed by atoms with van der Waals surface area (Å²) in [6, 6.07) is 15.2. The highest BCUT2D eigenvalue weighted by molar-refractivity contribution is 5.96. The minimum atomic E-state index is -0.531. The van der Waals surface area contributed by atoms with Crippen molar-refractivity contribution in [1.82, 2.24) is 4.98 Å². The number of para-hydroxylation sites is 1. The molecule has 3 aromatic rings. The minimum Gasteiger partial charge on any atom is -0.480 e. The average Bonchev–Trinajstić information content (AvgIpc) is 3.24. The number of aromatic nitrogens is 1. The summed E-state index contributed by atoms with van der Waals surface area (Å²) in [6.07, 6.45) is 2.49. The van der Waals surface area contributed by atoms with E-state index in [9.17, 15) is 4.79 Å². The fourth-order valence-electron chi connectivity index (χ4n) is 2.97. The highest BCUT2D eigenvalue weighted by Crippen LogP contribution is 2.38. The van der Waals surface area contributed by atoms with Crippen LogP contribution in [-0.4, -0.2) is 17.0 Å². The fourth-order valence-corrected chi connectivity index (χ4v) is 2.97. The van der Waals surface area contributed by atoms with Crippen molar-refractivity contribution in [3.63, 3.8) is 0 Å². The second-order valence-electron chi connectivity index (χ2n) is 5.80. The van der Waals surface area contributed by atoms with Gasteiger partial charge in [0.25, 0.3) is 5.91 Å². The number of oxazole rings is 1. The van der Waals surface area contributed by atoms with E-state index in [2.05, 4.69) is 10.3 Å². The lowest BCUT2D eigenvalue weighted by atomic mass is 9.97. The molecule has 5 nitrogen and oxygen atoms in total. The molecule has 5 heteroatoms. The molecule has 0 fully saturated rings. The van der Waals surface area contributed by atoms with Crippen molar-refractivity contribution < 1.29 is 13.9 Å². The zero-order valence-electron chi connectivity index (χ0n) is 13.1. The van der Waals surface area contributed by atoms with Gasteiger partial charge in [0.1, 0.15) is 5.75 Å². The summed E-state index contributed by atoms with van der Waals surface area (Å²) in [5.74, 6) is 1.29. The molecule has 1 N–H and O–H groups in total. The van der Waals surface area contributed by atoms with Crippen LogP contribution in [0.15, 0.2) is 65.5 Å². The van der Waals surface area contributed by atoms with Gasteiger partial charge in [0, 0.05) is 22.7 Å². The number of hydrogen-bond acceptors (Lipinski definition) is 4. The molecule has 0 unspecified atom stereocenters. The standard InChI is InChI=1S/C19H16N2O3/c1-12-15-7-2-3-8-16(15)24-18(12)19(22)21-14-6-4-5-13(9-14)17-10-20-11-23-17/h2-12,18H,1H3,(H,21,22)/t12-,18-/m0/s1. The number of benzene rings is 2. The molecular formula is C19H16N2O3. The Balaban J connectivity index is 1.52. The molecule has 24 heavy (non-hydrogen) atoms. The Hall–Kier alpha value is -3.08. The fraction of sp³-hybridized carbons (Fsp3) is 0.158. The highest BCUT2D eigenvalue weighted by atomic mass is 16.5. The molecule has 0 saturated heterocycles. The van der Waals surface area contributed by atoms with Gasteiger partial charge in [-0.15, -0.1) is 0 Å². The molecule has 1 aliphatic heterocycles. The van der Waals surface area contributed by atoms with Crippen molar-refractivity contribution in [3.8, 4) is 17.1 Å². The topological polar surface area (TPSA) is 64.4 Å². The molecule has 1 aliphatic rings. The predicted molar refractivity (Wildman–Crippen MR) is 89.8 cm³/mol. The first-order valence-corrected chi connectivity index (χ1v) is 7.78. The van der Waals surface area contributed by atoms with Crippen LogP contribution in [0.5, 0.6) is 5.75 Å². The van der Waals surface area contributed by atoms with Gasteiger partial charge in [-0.3, -0.25) is 4.79 Å². The van der Waals surface area contributed by atoms with E-state index in [1.807, 2.05) is 55.5 Å². The predicted octanol–water partition coefficient (Wildman–Crippen LogP) is 3.84. The maximum absolute atomic E-state index is 12.6. The quantitative estimate of drug-likeness (QED) is 0.796. The van der Waals surface area contributed by atoms with Crippen molar-refractivity contribution >= 4 is 11.6 Å². The van der Waals surface area contributed by atoms with Crippen molar-refractivity contribution in [2.24, 2.45) is 0 Å². The van der Waals surface area contributed by atoms with Gasteiger partial charge in [0.15, 0.2) is 18.3 Å². The Morgan fingerprint density at radius 2 is 2.04 bits per heavy atom. The molecule has 1 aromatic heterocycles. The summed E-state index contributed by atoms with van der Waals surface area (Å²) in [5.41, 5.74) is 2.61. The Morgan fingerprint density at radius 1 is 1.17 bits per heavy atom. The van der Waals surface area contributed by atoms with Crippen molar-refractivity contribution in [2.45, 2.75) is 18.9 Å². The van der Waals surface area contributed by atoms with Crippen LogP contribution in [-0.2, 0) is 4.79 Å². The molecule has 1 amide bonds. The largest absolute Gasteiger partial charge is 0.480 e. The molecule has 120 valence electrons. The second kappa shape index (κ2) is 5.85. The Bertz CT molecular complexity index is 874. The van der Waals surface area contributed by atoms with Crippen LogP contribution >= 0.6 is 0 Å². The van der Waals surface area contributed by atoms with E-state index >= 15 is 0 Å². The van der Waals surface area contributed by atoms with Gasteiger partial charge in [-0.05, 0) is 18.2 Å². The first-order valence-electron chi connectivity index (χ1n) is 7.78. The summed E-state index contributed by atoms with van der Waals surface area (Å²) in [7, 11) is 0. The van der Waals surface area contributed by atoms with E-state index in [0.717, 1.165) is 16.9 Å². The zero-order chi connectivity index (χ0) is 16.5. The lowest BCUT2D eigenvalue weighted by Gasteiger charge is -2.15. The second-order valence-corrected chi connectivity index (χ2v) is 5.80. The molecule has 0 radical (unpaired) electrons. The maximum atomic E-state index is 12.6. The van der Waals surface area contributed by atoms with Gasteiger partial charge in [0.05, 0.1) is 6.20 Å². The summed E-state index contributed by atoms with van der Waals surface area (Å²) in [5, 5.41) is 2.93. The molecule has 0 bridgehead atoms. The van der Waals surface area contributed by atoms with Crippen LogP contribution in [0.1, 0.15) is 18.4 Å². The lowest BCUT2D eigenvalue weighted by molar-refractivity contribution is -0.122. The van der Waals surface area contributed by atoms with Crippen molar-refractivity contribution in [3.05, 3.63) is 66.7 Å². The number of carbonyl (C=O) groups is 1. The van der Waals surface area contributed by atoms with E-state index in [4.69, 9.17) is 9.15 Å². The van der Waals surface area contributed by atoms with E-state index in [1.54, 1.807) is 6.20 Å². The van der Waals surface area contributed by atoms with E-state index in [0.29, 0.717) is 11.4 Å². The van der Waals surface area contributed by atoms with Crippen molar-refractivity contribution in [1.29, 1.82) is 0 Å². The molecule has 0 spiro atoms. The van der Waals surface area contributed by atoms with Gasteiger partial charge < -0.3 is 14.5 Å². The van der Waals surface area contributed by atoms with Gasteiger partial charge >= 0.3 is 0 Å². The van der Waals surface area contributed by atoms with Gasteiger partial charge in [-0.1, -0.05) is 37.3 Å². The molecule has 2 heterocycles. The third-order valence-electron chi connectivity index (χ3n) is 4.22. The van der Waals surface area contributed by atoms with Crippen LogP contribution in [0.3, 0.4) is 0 Å². The van der Waals surface area contributed by atoms with E-state index in [1.165, 1.54) is 6.39 Å². The minimum absolute atomic E-state index is 0.0126. The first kappa shape index (κ1) is 14.5. The summed E-state index contributed by atoms with van der Waals surface area (Å²) >= 11 is 0. The van der Waals surface area contributed by atoms with Crippen LogP contribution in [0.4, 0.5) is 5.69 Å². The third kappa shape index (κ3) is 2.54. The van der Waals surface area contributed by atoms with Gasteiger partial charge in [-0.2, -0.15) is 0 Å².